The summed E-state index contributed by atoms with van der Waals surface area (Å²) in [5.74, 6) is 1.63. The number of nitrogens with zero attached hydrogens (tertiary/aromatic N) is 3. The largest absolute Gasteiger partial charge is 0.360 e. The monoisotopic (exact) mass is 380 g/mol. The molecule has 0 radical (unpaired) electrons. The summed E-state index contributed by atoms with van der Waals surface area (Å²) < 4.78 is 7.20. The SMILES string of the molecule is CCCN(C(=O)c1cc(C)n(-c2cc(C)on2)c1C)C1CCNCC1.Cl. The normalized spacial score (nSPS) is 14.9. The highest BCUT2D eigenvalue weighted by Crippen LogP contribution is 2.24. The number of aryl methyl sites for hydroxylation is 2. The van der Waals surface area contributed by atoms with Crippen LogP contribution in [0.25, 0.3) is 5.82 Å². The van der Waals surface area contributed by atoms with Crippen molar-refractivity contribution in [3.05, 3.63) is 34.8 Å². The average molecular weight is 381 g/mol. The molecule has 3 rings (SSSR count). The van der Waals surface area contributed by atoms with Crippen LogP contribution >= 0.6 is 12.4 Å². The maximum Gasteiger partial charge on any atom is 0.255 e. The molecule has 1 aliphatic rings. The molecule has 1 N–H and O–H groups in total. The first-order valence-electron chi connectivity index (χ1n) is 9.17. The Morgan fingerprint density at radius 1 is 1.31 bits per heavy atom. The third kappa shape index (κ3) is 3.96. The highest BCUT2D eigenvalue weighted by atomic mass is 35.5. The zero-order chi connectivity index (χ0) is 18.0. The average Bonchev–Trinajstić information content (AvgIpc) is 3.15. The van der Waals surface area contributed by atoms with Gasteiger partial charge in [-0.05, 0) is 59.2 Å². The highest BCUT2D eigenvalue weighted by molar-refractivity contribution is 5.96. The molecule has 144 valence electrons. The van der Waals surface area contributed by atoms with Crippen LogP contribution in [0.3, 0.4) is 0 Å². The van der Waals surface area contributed by atoms with Gasteiger partial charge in [-0.3, -0.25) is 9.36 Å². The Morgan fingerprint density at radius 3 is 2.58 bits per heavy atom. The van der Waals surface area contributed by atoms with Crippen LogP contribution in [0, 0.1) is 20.8 Å². The van der Waals surface area contributed by atoms with Crippen molar-refractivity contribution in [3.8, 4) is 5.82 Å². The van der Waals surface area contributed by atoms with E-state index in [-0.39, 0.29) is 18.3 Å². The topological polar surface area (TPSA) is 63.3 Å². The van der Waals surface area contributed by atoms with E-state index in [4.69, 9.17) is 4.52 Å². The van der Waals surface area contributed by atoms with Crippen molar-refractivity contribution in [2.75, 3.05) is 19.6 Å². The summed E-state index contributed by atoms with van der Waals surface area (Å²) >= 11 is 0. The summed E-state index contributed by atoms with van der Waals surface area (Å²) in [4.78, 5) is 15.4. The second kappa shape index (κ2) is 8.73. The Labute approximate surface area is 161 Å². The predicted octanol–water partition coefficient (Wildman–Crippen LogP) is 3.42. The van der Waals surface area contributed by atoms with E-state index in [9.17, 15) is 4.79 Å². The minimum atomic E-state index is 0. The van der Waals surface area contributed by atoms with Crippen LogP contribution in [0.4, 0.5) is 0 Å². The van der Waals surface area contributed by atoms with Crippen molar-refractivity contribution in [3.63, 3.8) is 0 Å². The zero-order valence-corrected chi connectivity index (χ0v) is 16.9. The molecule has 0 unspecified atom stereocenters. The van der Waals surface area contributed by atoms with Crippen LogP contribution in [0.5, 0.6) is 0 Å². The van der Waals surface area contributed by atoms with E-state index in [1.807, 2.05) is 37.5 Å². The molecule has 2 aromatic rings. The van der Waals surface area contributed by atoms with E-state index in [1.165, 1.54) is 0 Å². The van der Waals surface area contributed by atoms with E-state index in [0.717, 1.165) is 67.4 Å². The molecular formula is C19H29ClN4O2. The number of carbonyl (C=O) groups is 1. The summed E-state index contributed by atoms with van der Waals surface area (Å²) in [5.41, 5.74) is 2.69. The molecule has 1 amide bonds. The molecule has 1 aliphatic heterocycles. The standard InChI is InChI=1S/C19H28N4O2.ClH/c1-5-10-22(16-6-8-20-9-7-16)19(24)17-11-13(2)23(15(17)4)18-12-14(3)25-21-18;/h11-12,16,20H,5-10H2,1-4H3;1H. The van der Waals surface area contributed by atoms with Crippen LogP contribution in [0.15, 0.2) is 16.7 Å². The molecule has 1 fully saturated rings. The lowest BCUT2D eigenvalue weighted by atomic mass is 10.0. The maximum absolute atomic E-state index is 13.3. The fourth-order valence-corrected chi connectivity index (χ4v) is 3.75. The highest BCUT2D eigenvalue weighted by Gasteiger charge is 2.28. The number of aromatic nitrogens is 2. The number of hydrogen-bond donors (Lipinski definition) is 1. The molecule has 0 saturated carbocycles. The second-order valence-electron chi connectivity index (χ2n) is 6.90. The number of amides is 1. The molecule has 1 saturated heterocycles. The first-order chi connectivity index (χ1) is 12.0. The fourth-order valence-electron chi connectivity index (χ4n) is 3.75. The van der Waals surface area contributed by atoms with Gasteiger partial charge in [-0.15, -0.1) is 12.4 Å². The number of piperidine rings is 1. The number of rotatable bonds is 5. The van der Waals surface area contributed by atoms with Crippen molar-refractivity contribution in [2.45, 2.75) is 53.0 Å². The molecule has 0 aliphatic carbocycles. The Hall–Kier alpha value is -1.79. The van der Waals surface area contributed by atoms with Crippen molar-refractivity contribution in [2.24, 2.45) is 0 Å². The molecular weight excluding hydrogens is 352 g/mol. The Kier molecular flexibility index (Phi) is 6.89. The summed E-state index contributed by atoms with van der Waals surface area (Å²) in [6.07, 6.45) is 3.01. The van der Waals surface area contributed by atoms with E-state index in [1.54, 1.807) is 0 Å². The van der Waals surface area contributed by atoms with Crippen molar-refractivity contribution in [1.82, 2.24) is 19.9 Å². The van der Waals surface area contributed by atoms with Crippen molar-refractivity contribution >= 4 is 18.3 Å². The van der Waals surface area contributed by atoms with E-state index < -0.39 is 0 Å². The molecule has 6 nitrogen and oxygen atoms in total. The van der Waals surface area contributed by atoms with Crippen molar-refractivity contribution in [1.29, 1.82) is 0 Å². The van der Waals surface area contributed by atoms with E-state index in [0.29, 0.717) is 6.04 Å². The van der Waals surface area contributed by atoms with Gasteiger partial charge in [-0.2, -0.15) is 0 Å². The minimum absolute atomic E-state index is 0. The third-order valence-corrected chi connectivity index (χ3v) is 4.98. The Balaban J connectivity index is 0.00000243. The van der Waals surface area contributed by atoms with Gasteiger partial charge in [0.05, 0.1) is 5.56 Å². The Bertz CT molecular complexity index is 747. The first-order valence-corrected chi connectivity index (χ1v) is 9.17. The predicted molar refractivity (Wildman–Crippen MR) is 105 cm³/mol. The lowest BCUT2D eigenvalue weighted by Gasteiger charge is -2.34. The summed E-state index contributed by atoms with van der Waals surface area (Å²) in [6, 6.07) is 4.20. The summed E-state index contributed by atoms with van der Waals surface area (Å²) in [7, 11) is 0. The van der Waals surface area contributed by atoms with Crippen LogP contribution in [0.2, 0.25) is 0 Å². The van der Waals surface area contributed by atoms with Gasteiger partial charge in [0.15, 0.2) is 5.82 Å². The minimum Gasteiger partial charge on any atom is -0.360 e. The van der Waals surface area contributed by atoms with Crippen LogP contribution in [0.1, 0.15) is 53.7 Å². The van der Waals surface area contributed by atoms with Gasteiger partial charge < -0.3 is 14.7 Å². The lowest BCUT2D eigenvalue weighted by molar-refractivity contribution is 0.0642. The van der Waals surface area contributed by atoms with Crippen LogP contribution < -0.4 is 5.32 Å². The number of halogens is 1. The molecule has 2 aromatic heterocycles. The summed E-state index contributed by atoms with van der Waals surface area (Å²) in [6.45, 7) is 10.7. The summed E-state index contributed by atoms with van der Waals surface area (Å²) in [5, 5.41) is 7.48. The lowest BCUT2D eigenvalue weighted by Crippen LogP contribution is -2.46. The molecule has 26 heavy (non-hydrogen) atoms. The van der Waals surface area contributed by atoms with Gasteiger partial charge in [0, 0.05) is 30.0 Å². The van der Waals surface area contributed by atoms with Gasteiger partial charge in [0.2, 0.25) is 0 Å². The molecule has 0 bridgehead atoms. The van der Waals surface area contributed by atoms with Gasteiger partial charge in [-0.25, -0.2) is 0 Å². The van der Waals surface area contributed by atoms with E-state index >= 15 is 0 Å². The number of hydrogen-bond acceptors (Lipinski definition) is 4. The Morgan fingerprint density at radius 2 is 2.00 bits per heavy atom. The maximum atomic E-state index is 13.3. The molecule has 7 heteroatoms. The zero-order valence-electron chi connectivity index (χ0n) is 16.0. The third-order valence-electron chi connectivity index (χ3n) is 4.98. The van der Waals surface area contributed by atoms with E-state index in [2.05, 4.69) is 22.3 Å². The number of nitrogens with one attached hydrogen (secondary N) is 1. The van der Waals surface area contributed by atoms with Crippen molar-refractivity contribution < 1.29 is 9.32 Å². The molecule has 0 aromatic carbocycles. The molecule has 0 atom stereocenters. The van der Waals surface area contributed by atoms with Gasteiger partial charge in [-0.1, -0.05) is 12.1 Å². The second-order valence-corrected chi connectivity index (χ2v) is 6.90. The quantitative estimate of drug-likeness (QED) is 0.863. The van der Waals surface area contributed by atoms with Gasteiger partial charge in [0.25, 0.3) is 5.91 Å². The molecule has 0 spiro atoms. The number of carbonyl (C=O) groups excluding carboxylic acids is 1. The van der Waals surface area contributed by atoms with Gasteiger partial charge in [0.1, 0.15) is 5.76 Å². The van der Waals surface area contributed by atoms with Gasteiger partial charge >= 0.3 is 0 Å². The smallest absolute Gasteiger partial charge is 0.255 e. The molecule has 3 heterocycles. The first kappa shape index (κ1) is 20.5. The van der Waals surface area contributed by atoms with Crippen LogP contribution in [-0.4, -0.2) is 46.2 Å². The fraction of sp³-hybridized carbons (Fsp3) is 0.579. The van der Waals surface area contributed by atoms with Crippen LogP contribution in [-0.2, 0) is 0 Å².